The Labute approximate surface area is 195 Å². The molecule has 0 saturated carbocycles. The van der Waals surface area contributed by atoms with Gasteiger partial charge in [0, 0.05) is 12.1 Å². The minimum Gasteiger partial charge on any atom is -0.494 e. The highest BCUT2D eigenvalue weighted by molar-refractivity contribution is 7.80. The van der Waals surface area contributed by atoms with E-state index in [1.54, 1.807) is 24.3 Å². The Morgan fingerprint density at radius 2 is 1.75 bits per heavy atom. The molecule has 0 aliphatic rings. The third-order valence-electron chi connectivity index (χ3n) is 4.58. The molecular weight excluding hydrogens is 424 g/mol. The van der Waals surface area contributed by atoms with Gasteiger partial charge in [-0.1, -0.05) is 45.9 Å². The molecular formula is C25H32N2O4S. The summed E-state index contributed by atoms with van der Waals surface area (Å²) in [7, 11) is 0. The summed E-state index contributed by atoms with van der Waals surface area (Å²) in [6, 6.07) is 14.8. The molecule has 0 unspecified atom stereocenters. The number of hydrogen-bond acceptors (Lipinski definition) is 5. The predicted molar refractivity (Wildman–Crippen MR) is 131 cm³/mol. The van der Waals surface area contributed by atoms with Gasteiger partial charge in [0.1, 0.15) is 5.75 Å². The van der Waals surface area contributed by atoms with Crippen LogP contribution >= 0.6 is 12.2 Å². The fraction of sp³-hybridized carbons (Fsp3) is 0.400. The van der Waals surface area contributed by atoms with Crippen molar-refractivity contribution in [1.82, 2.24) is 5.32 Å². The van der Waals surface area contributed by atoms with Crippen molar-refractivity contribution < 1.29 is 19.1 Å². The summed E-state index contributed by atoms with van der Waals surface area (Å²) in [6.45, 7) is 9.24. The van der Waals surface area contributed by atoms with Crippen molar-refractivity contribution in [2.75, 3.05) is 18.5 Å². The van der Waals surface area contributed by atoms with Gasteiger partial charge in [-0.25, -0.2) is 4.79 Å². The zero-order chi connectivity index (χ0) is 23.6. The lowest BCUT2D eigenvalue weighted by atomic mass is 9.87. The lowest BCUT2D eigenvalue weighted by Gasteiger charge is -2.19. The van der Waals surface area contributed by atoms with E-state index in [0.29, 0.717) is 30.9 Å². The van der Waals surface area contributed by atoms with Crippen molar-refractivity contribution in [1.29, 1.82) is 0 Å². The van der Waals surface area contributed by atoms with Crippen LogP contribution in [-0.4, -0.2) is 30.2 Å². The molecule has 0 aliphatic heterocycles. The van der Waals surface area contributed by atoms with Gasteiger partial charge in [0.25, 0.3) is 0 Å². The van der Waals surface area contributed by atoms with E-state index >= 15 is 0 Å². The smallest absolute Gasteiger partial charge is 0.338 e. The van der Waals surface area contributed by atoms with E-state index in [0.717, 1.165) is 12.2 Å². The summed E-state index contributed by atoms with van der Waals surface area (Å²) in [4.78, 5) is 24.1. The standard InChI is InChI=1S/C25H32N2O4S/c1-5-15-31-23(29)18-8-6-9-20(17-18)26-24(32)27-22(28)10-7-16-30-21-13-11-19(12-14-21)25(2,3)4/h6,8-9,11-14,17H,5,7,10,15-16H2,1-4H3,(H2,26,27,28,32). The average molecular weight is 457 g/mol. The summed E-state index contributed by atoms with van der Waals surface area (Å²) in [5.41, 5.74) is 2.37. The molecule has 7 heteroatoms. The number of ether oxygens (including phenoxy) is 2. The van der Waals surface area contributed by atoms with Gasteiger partial charge in [0.05, 0.1) is 18.8 Å². The quantitative estimate of drug-likeness (QED) is 0.306. The van der Waals surface area contributed by atoms with Crippen molar-refractivity contribution >= 4 is 34.9 Å². The lowest BCUT2D eigenvalue weighted by molar-refractivity contribution is -0.119. The fourth-order valence-electron chi connectivity index (χ4n) is 2.83. The molecule has 0 saturated heterocycles. The van der Waals surface area contributed by atoms with Gasteiger partial charge in [-0.15, -0.1) is 0 Å². The molecule has 0 fully saturated rings. The first-order valence-corrected chi connectivity index (χ1v) is 11.2. The van der Waals surface area contributed by atoms with Gasteiger partial charge >= 0.3 is 5.97 Å². The number of benzene rings is 2. The van der Waals surface area contributed by atoms with E-state index in [1.807, 2.05) is 19.1 Å². The number of esters is 1. The summed E-state index contributed by atoms with van der Waals surface area (Å²) >= 11 is 5.20. The zero-order valence-corrected chi connectivity index (χ0v) is 20.0. The molecule has 6 nitrogen and oxygen atoms in total. The largest absolute Gasteiger partial charge is 0.494 e. The van der Waals surface area contributed by atoms with Crippen LogP contribution in [0.4, 0.5) is 5.69 Å². The molecule has 2 aromatic carbocycles. The van der Waals surface area contributed by atoms with Crippen LogP contribution in [0.5, 0.6) is 5.75 Å². The van der Waals surface area contributed by atoms with Gasteiger partial charge in [-0.2, -0.15) is 0 Å². The van der Waals surface area contributed by atoms with Crippen molar-refractivity contribution in [2.24, 2.45) is 0 Å². The van der Waals surface area contributed by atoms with Gasteiger partial charge in [-0.05, 0) is 66.4 Å². The first-order chi connectivity index (χ1) is 15.2. The first kappa shape index (κ1) is 25.3. The normalized spacial score (nSPS) is 10.9. The Bertz CT molecular complexity index is 920. The Balaban J connectivity index is 1.72. The second-order valence-corrected chi connectivity index (χ2v) is 8.85. The van der Waals surface area contributed by atoms with Gasteiger partial charge in [-0.3, -0.25) is 4.79 Å². The summed E-state index contributed by atoms with van der Waals surface area (Å²) in [6.07, 6.45) is 1.60. The van der Waals surface area contributed by atoms with Crippen molar-refractivity contribution in [3.05, 3.63) is 59.7 Å². The van der Waals surface area contributed by atoms with Crippen molar-refractivity contribution in [3.63, 3.8) is 0 Å². The van der Waals surface area contributed by atoms with Crippen LogP contribution in [0, 0.1) is 0 Å². The Morgan fingerprint density at radius 3 is 2.41 bits per heavy atom. The first-order valence-electron chi connectivity index (χ1n) is 10.8. The van der Waals surface area contributed by atoms with Crippen LogP contribution in [-0.2, 0) is 14.9 Å². The fourth-order valence-corrected chi connectivity index (χ4v) is 3.06. The topological polar surface area (TPSA) is 76.7 Å². The molecule has 0 heterocycles. The number of hydrogen-bond donors (Lipinski definition) is 2. The molecule has 2 N–H and O–H groups in total. The molecule has 32 heavy (non-hydrogen) atoms. The van der Waals surface area contributed by atoms with E-state index in [9.17, 15) is 9.59 Å². The van der Waals surface area contributed by atoms with E-state index in [2.05, 4.69) is 43.5 Å². The highest BCUT2D eigenvalue weighted by Crippen LogP contribution is 2.24. The van der Waals surface area contributed by atoms with Crippen LogP contribution in [0.1, 0.15) is 62.9 Å². The third kappa shape index (κ3) is 8.67. The second-order valence-electron chi connectivity index (χ2n) is 8.45. The molecule has 172 valence electrons. The number of rotatable bonds is 9. The van der Waals surface area contributed by atoms with Crippen LogP contribution < -0.4 is 15.4 Å². The SMILES string of the molecule is CCCOC(=O)c1cccc(NC(=S)NC(=O)CCCOc2ccc(C(C)(C)C)cc2)c1. The second kappa shape index (κ2) is 12.2. The molecule has 0 bridgehead atoms. The lowest BCUT2D eigenvalue weighted by Crippen LogP contribution is -2.34. The number of nitrogens with one attached hydrogen (secondary N) is 2. The van der Waals surface area contributed by atoms with E-state index in [1.165, 1.54) is 5.56 Å². The molecule has 0 aromatic heterocycles. The molecule has 2 aromatic rings. The molecule has 0 atom stereocenters. The van der Waals surface area contributed by atoms with Crippen molar-refractivity contribution in [2.45, 2.75) is 52.4 Å². The number of carbonyl (C=O) groups excluding carboxylic acids is 2. The maximum absolute atomic E-state index is 12.1. The molecule has 0 aliphatic carbocycles. The van der Waals surface area contributed by atoms with E-state index in [-0.39, 0.29) is 22.9 Å². The monoisotopic (exact) mass is 456 g/mol. The Kier molecular flexibility index (Phi) is 9.65. The average Bonchev–Trinajstić information content (AvgIpc) is 2.74. The summed E-state index contributed by atoms with van der Waals surface area (Å²) in [5, 5.41) is 5.74. The van der Waals surface area contributed by atoms with Crippen LogP contribution in [0.3, 0.4) is 0 Å². The highest BCUT2D eigenvalue weighted by atomic mass is 32.1. The third-order valence-corrected chi connectivity index (χ3v) is 4.79. The number of thiocarbonyl (C=S) groups is 1. The van der Waals surface area contributed by atoms with Crippen molar-refractivity contribution in [3.8, 4) is 5.75 Å². The molecule has 2 rings (SSSR count). The van der Waals surface area contributed by atoms with Crippen LogP contribution in [0.25, 0.3) is 0 Å². The maximum Gasteiger partial charge on any atom is 0.338 e. The minimum absolute atomic E-state index is 0.1000. The number of amides is 1. The van der Waals surface area contributed by atoms with Crippen LogP contribution in [0.2, 0.25) is 0 Å². The van der Waals surface area contributed by atoms with Crippen LogP contribution in [0.15, 0.2) is 48.5 Å². The number of anilines is 1. The van der Waals surface area contributed by atoms with E-state index < -0.39 is 5.97 Å². The molecule has 0 radical (unpaired) electrons. The van der Waals surface area contributed by atoms with E-state index in [4.69, 9.17) is 21.7 Å². The Morgan fingerprint density at radius 1 is 1.03 bits per heavy atom. The predicted octanol–water partition coefficient (Wildman–Crippen LogP) is 5.22. The molecule has 1 amide bonds. The minimum atomic E-state index is -0.390. The van der Waals surface area contributed by atoms with Gasteiger partial charge in [0.2, 0.25) is 5.91 Å². The summed E-state index contributed by atoms with van der Waals surface area (Å²) in [5.74, 6) is 0.194. The summed E-state index contributed by atoms with van der Waals surface area (Å²) < 4.78 is 10.8. The molecule has 0 spiro atoms. The highest BCUT2D eigenvalue weighted by Gasteiger charge is 2.13. The Hall–Kier alpha value is -2.93. The number of carbonyl (C=O) groups is 2. The zero-order valence-electron chi connectivity index (χ0n) is 19.2. The maximum atomic E-state index is 12.1. The van der Waals surface area contributed by atoms with Gasteiger partial charge < -0.3 is 20.1 Å². The van der Waals surface area contributed by atoms with Gasteiger partial charge in [0.15, 0.2) is 5.11 Å².